The molecule has 0 aromatic heterocycles. The fraction of sp³-hybridized carbons (Fsp3) is 0.208. The number of rotatable bonds is 4. The molecule has 0 saturated carbocycles. The minimum atomic E-state index is -4.66. The van der Waals surface area contributed by atoms with Crippen LogP contribution in [-0.2, 0) is 6.18 Å². The van der Waals surface area contributed by atoms with E-state index in [0.717, 1.165) is 6.07 Å². The quantitative estimate of drug-likeness (QED) is 0.543. The van der Waals surface area contributed by atoms with Gasteiger partial charge in [0.2, 0.25) is 0 Å². The summed E-state index contributed by atoms with van der Waals surface area (Å²) in [6, 6.07) is 12.5. The maximum Gasteiger partial charge on any atom is 0.417 e. The van der Waals surface area contributed by atoms with Crippen molar-refractivity contribution in [1.29, 1.82) is 0 Å². The number of hydrogen-bond acceptors (Lipinski definition) is 6. The predicted molar refractivity (Wildman–Crippen MR) is 119 cm³/mol. The molecule has 1 saturated heterocycles. The van der Waals surface area contributed by atoms with Crippen LogP contribution in [0, 0.1) is 12.5 Å². The average Bonchev–Trinajstić information content (AvgIpc) is 2.82. The molecule has 1 fully saturated rings. The molecule has 1 atom stereocenters. The molecule has 170 valence electrons. The molecule has 0 bridgehead atoms. The first-order valence-electron chi connectivity index (χ1n) is 10.2. The number of anilines is 2. The van der Waals surface area contributed by atoms with Crippen LogP contribution in [0.3, 0.4) is 0 Å². The Morgan fingerprint density at radius 3 is 2.70 bits per heavy atom. The standard InChI is InChI=1S/C24H21F3N4O2/c1-2-29-11-4-7-22(31(29)19-5-3-6-20(33)13-19)23-15-28-10-12-30(23)18-9-8-17(16-32)21(14-18)24(25,26)27/h1,3-9,11,13-14,16,23,28,33H,10,12,15H2. The lowest BCUT2D eigenvalue weighted by molar-refractivity contribution is -0.137. The first-order chi connectivity index (χ1) is 15.8. The Balaban J connectivity index is 1.78. The van der Waals surface area contributed by atoms with E-state index < -0.39 is 17.3 Å². The molecule has 0 amide bonds. The molecule has 4 rings (SSSR count). The highest BCUT2D eigenvalue weighted by Gasteiger charge is 2.36. The third kappa shape index (κ3) is 4.38. The molecule has 0 spiro atoms. The molecule has 2 aromatic carbocycles. The van der Waals surface area contributed by atoms with E-state index in [0.29, 0.717) is 36.7 Å². The number of nitrogens with one attached hydrogen (secondary N) is 1. The van der Waals surface area contributed by atoms with Gasteiger partial charge < -0.3 is 15.3 Å². The monoisotopic (exact) mass is 454 g/mol. The summed E-state index contributed by atoms with van der Waals surface area (Å²) in [5.74, 6) is 0.0521. The fourth-order valence-electron chi connectivity index (χ4n) is 4.08. The summed E-state index contributed by atoms with van der Waals surface area (Å²) in [6.07, 6.45) is 6.55. The molecular formula is C24H21F3N4O2. The largest absolute Gasteiger partial charge is 0.508 e. The van der Waals surface area contributed by atoms with E-state index in [2.05, 4.69) is 11.4 Å². The summed E-state index contributed by atoms with van der Waals surface area (Å²) < 4.78 is 40.7. The maximum atomic E-state index is 13.6. The summed E-state index contributed by atoms with van der Waals surface area (Å²) >= 11 is 0. The smallest absolute Gasteiger partial charge is 0.417 e. The highest BCUT2D eigenvalue weighted by Crippen LogP contribution is 2.37. The SMILES string of the molecule is C#CN1C=CC=C(C2CNCCN2c2ccc(C=O)c(C(F)(F)F)c2)N1c1cccc(O)c1. The number of nitrogens with zero attached hydrogens (tertiary/aromatic N) is 3. The molecule has 2 N–H and O–H groups in total. The van der Waals surface area contributed by atoms with Crippen molar-refractivity contribution in [2.24, 2.45) is 0 Å². The number of piperazine rings is 1. The highest BCUT2D eigenvalue weighted by molar-refractivity contribution is 5.79. The van der Waals surface area contributed by atoms with Crippen molar-refractivity contribution in [3.05, 3.63) is 77.6 Å². The number of aldehydes is 1. The third-order valence-corrected chi connectivity index (χ3v) is 5.55. The normalized spacial score (nSPS) is 18.7. The summed E-state index contributed by atoms with van der Waals surface area (Å²) in [5, 5.41) is 16.5. The lowest BCUT2D eigenvalue weighted by Crippen LogP contribution is -2.56. The molecule has 33 heavy (non-hydrogen) atoms. The second-order valence-electron chi connectivity index (χ2n) is 7.54. The van der Waals surface area contributed by atoms with Crippen LogP contribution < -0.4 is 15.2 Å². The number of allylic oxidation sites excluding steroid dienone is 2. The Morgan fingerprint density at radius 1 is 1.18 bits per heavy atom. The Labute approximate surface area is 189 Å². The molecule has 0 aliphatic carbocycles. The Morgan fingerprint density at radius 2 is 2.00 bits per heavy atom. The van der Waals surface area contributed by atoms with Crippen molar-refractivity contribution in [2.75, 3.05) is 29.5 Å². The summed E-state index contributed by atoms with van der Waals surface area (Å²) in [5.41, 5.74) is 0.276. The Kier molecular flexibility index (Phi) is 6.03. The second kappa shape index (κ2) is 8.92. The van der Waals surface area contributed by atoms with Gasteiger partial charge in [0.05, 0.1) is 23.0 Å². The van der Waals surface area contributed by atoms with Crippen molar-refractivity contribution in [3.8, 4) is 18.2 Å². The van der Waals surface area contributed by atoms with Gasteiger partial charge in [0, 0.05) is 49.2 Å². The van der Waals surface area contributed by atoms with Crippen LogP contribution in [0.1, 0.15) is 15.9 Å². The van der Waals surface area contributed by atoms with Crippen molar-refractivity contribution in [1.82, 2.24) is 10.3 Å². The van der Waals surface area contributed by atoms with Gasteiger partial charge in [0.1, 0.15) is 5.75 Å². The predicted octanol–water partition coefficient (Wildman–Crippen LogP) is 3.73. The molecule has 2 heterocycles. The van der Waals surface area contributed by atoms with Crippen LogP contribution in [0.5, 0.6) is 5.75 Å². The number of carbonyl (C=O) groups is 1. The summed E-state index contributed by atoms with van der Waals surface area (Å²) in [7, 11) is 0. The topological polar surface area (TPSA) is 59.0 Å². The minimum Gasteiger partial charge on any atom is -0.508 e. The van der Waals surface area contributed by atoms with Gasteiger partial charge in [-0.05, 0) is 42.5 Å². The number of terminal acetylenes is 1. The van der Waals surface area contributed by atoms with E-state index in [1.165, 1.54) is 23.2 Å². The van der Waals surface area contributed by atoms with Crippen molar-refractivity contribution >= 4 is 17.7 Å². The Hall–Kier alpha value is -3.90. The van der Waals surface area contributed by atoms with Crippen molar-refractivity contribution in [3.63, 3.8) is 0 Å². The number of benzene rings is 2. The molecule has 6 nitrogen and oxygen atoms in total. The zero-order valence-corrected chi connectivity index (χ0v) is 17.5. The van der Waals surface area contributed by atoms with Crippen LogP contribution in [0.4, 0.5) is 24.5 Å². The molecule has 9 heteroatoms. The number of phenolic OH excluding ortho intramolecular Hbond substituents is 1. The van der Waals surface area contributed by atoms with E-state index in [1.54, 1.807) is 35.5 Å². The number of phenols is 1. The lowest BCUT2D eigenvalue weighted by Gasteiger charge is -2.45. The third-order valence-electron chi connectivity index (χ3n) is 5.55. The van der Waals surface area contributed by atoms with Crippen LogP contribution >= 0.6 is 0 Å². The zero-order chi connectivity index (χ0) is 23.6. The van der Waals surface area contributed by atoms with Crippen molar-refractivity contribution < 1.29 is 23.1 Å². The number of hydrogen-bond donors (Lipinski definition) is 2. The van der Waals surface area contributed by atoms with Gasteiger partial charge in [0.25, 0.3) is 0 Å². The van der Waals surface area contributed by atoms with E-state index in [9.17, 15) is 23.1 Å². The Bertz CT molecular complexity index is 1150. The lowest BCUT2D eigenvalue weighted by atomic mass is 10.0. The van der Waals surface area contributed by atoms with Gasteiger partial charge in [-0.3, -0.25) is 4.79 Å². The van der Waals surface area contributed by atoms with Gasteiger partial charge in [0.15, 0.2) is 6.29 Å². The van der Waals surface area contributed by atoms with Gasteiger partial charge in [-0.15, -0.1) is 0 Å². The average molecular weight is 454 g/mol. The molecule has 0 radical (unpaired) electrons. The molecule has 2 aromatic rings. The first-order valence-corrected chi connectivity index (χ1v) is 10.2. The van der Waals surface area contributed by atoms with Crippen LogP contribution in [0.25, 0.3) is 0 Å². The minimum absolute atomic E-state index is 0.0521. The van der Waals surface area contributed by atoms with Crippen molar-refractivity contribution in [2.45, 2.75) is 12.2 Å². The van der Waals surface area contributed by atoms with Gasteiger partial charge >= 0.3 is 6.18 Å². The number of alkyl halides is 3. The molecule has 2 aliphatic rings. The zero-order valence-electron chi connectivity index (χ0n) is 17.5. The van der Waals surface area contributed by atoms with Gasteiger partial charge in [-0.25, -0.2) is 10.0 Å². The fourth-order valence-corrected chi connectivity index (χ4v) is 4.08. The molecule has 1 unspecified atom stereocenters. The van der Waals surface area contributed by atoms with Crippen LogP contribution in [-0.4, -0.2) is 42.1 Å². The van der Waals surface area contributed by atoms with Crippen LogP contribution in [0.2, 0.25) is 0 Å². The first kappa shape index (κ1) is 22.3. The number of halogens is 3. The summed E-state index contributed by atoms with van der Waals surface area (Å²) in [4.78, 5) is 13.0. The van der Waals surface area contributed by atoms with E-state index >= 15 is 0 Å². The highest BCUT2D eigenvalue weighted by atomic mass is 19.4. The number of hydrazine groups is 1. The number of carbonyl (C=O) groups excluding carboxylic acids is 1. The van der Waals surface area contributed by atoms with Crippen LogP contribution in [0.15, 0.2) is 66.5 Å². The number of aromatic hydroxyl groups is 1. The van der Waals surface area contributed by atoms with E-state index in [-0.39, 0.29) is 18.1 Å². The van der Waals surface area contributed by atoms with Gasteiger partial charge in [-0.2, -0.15) is 13.2 Å². The second-order valence-corrected chi connectivity index (χ2v) is 7.54. The molecular weight excluding hydrogens is 433 g/mol. The van der Waals surface area contributed by atoms with E-state index in [1.807, 2.05) is 11.0 Å². The van der Waals surface area contributed by atoms with E-state index in [4.69, 9.17) is 6.42 Å². The van der Waals surface area contributed by atoms with Gasteiger partial charge in [-0.1, -0.05) is 12.5 Å². The summed E-state index contributed by atoms with van der Waals surface area (Å²) in [6.45, 7) is 1.46. The maximum absolute atomic E-state index is 13.6. The molecule has 2 aliphatic heterocycles.